The Bertz CT molecular complexity index is 1160. The van der Waals surface area contributed by atoms with E-state index >= 15 is 0 Å². The number of halogens is 1. The van der Waals surface area contributed by atoms with E-state index in [-0.39, 0.29) is 18.3 Å². The van der Waals surface area contributed by atoms with Gasteiger partial charge in [-0.2, -0.15) is 0 Å². The number of methoxy groups -OCH3 is 1. The minimum Gasteiger partial charge on any atom is -0.492 e. The highest BCUT2D eigenvalue weighted by Gasteiger charge is 2.24. The molecule has 1 aliphatic rings. The molecule has 2 aromatic carbocycles. The number of carbonyl (C=O) groups is 1. The zero-order chi connectivity index (χ0) is 24.1. The fourth-order valence-corrected chi connectivity index (χ4v) is 5.17. The Morgan fingerprint density at radius 1 is 1.15 bits per heavy atom. The number of carbonyl (C=O) groups excluding carboxylic acids is 1. The number of hydrogen-bond acceptors (Lipinski definition) is 7. The van der Waals surface area contributed by atoms with E-state index in [0.29, 0.717) is 64.1 Å². The number of rotatable bonds is 9. The summed E-state index contributed by atoms with van der Waals surface area (Å²) in [5, 5.41) is 3.38. The highest BCUT2D eigenvalue weighted by Crippen LogP contribution is 2.40. The summed E-state index contributed by atoms with van der Waals surface area (Å²) in [4.78, 5) is 16.0. The summed E-state index contributed by atoms with van der Waals surface area (Å²) >= 11 is 1.24. The third-order valence-corrected chi connectivity index (χ3v) is 6.72. The Labute approximate surface area is 202 Å². The van der Waals surface area contributed by atoms with Crippen LogP contribution in [0.2, 0.25) is 0 Å². The average Bonchev–Trinajstić information content (AvgIpc) is 3.21. The number of anilines is 2. The molecule has 4 rings (SSSR count). The second kappa shape index (κ2) is 11.0. The maximum atomic E-state index is 14.6. The Kier molecular flexibility index (Phi) is 7.87. The van der Waals surface area contributed by atoms with Crippen molar-refractivity contribution >= 4 is 38.7 Å². The van der Waals surface area contributed by atoms with Crippen molar-refractivity contribution in [2.24, 2.45) is 0 Å². The number of nitrogens with one attached hydrogen (secondary N) is 1. The van der Waals surface area contributed by atoms with E-state index in [1.54, 1.807) is 18.2 Å². The lowest BCUT2D eigenvalue weighted by atomic mass is 10.1. The predicted octanol–water partition coefficient (Wildman–Crippen LogP) is 5.07. The summed E-state index contributed by atoms with van der Waals surface area (Å²) in [7, 11) is 1.53. The molecular weight excluding hydrogens is 459 g/mol. The van der Waals surface area contributed by atoms with E-state index in [0.717, 1.165) is 18.8 Å². The minimum atomic E-state index is -0.372. The number of nitrogens with zero attached hydrogens (tertiary/aromatic N) is 1. The summed E-state index contributed by atoms with van der Waals surface area (Å²) < 4.78 is 37.8. The van der Waals surface area contributed by atoms with Gasteiger partial charge in [-0.25, -0.2) is 4.39 Å². The van der Waals surface area contributed by atoms with Crippen LogP contribution in [0.5, 0.6) is 11.5 Å². The van der Waals surface area contributed by atoms with Gasteiger partial charge in [0.05, 0.1) is 49.3 Å². The predicted molar refractivity (Wildman–Crippen MR) is 132 cm³/mol. The Hall–Kier alpha value is -2.88. The first-order valence-corrected chi connectivity index (χ1v) is 12.2. The largest absolute Gasteiger partial charge is 0.492 e. The maximum absolute atomic E-state index is 14.6. The van der Waals surface area contributed by atoms with Gasteiger partial charge in [-0.15, -0.1) is 11.3 Å². The molecule has 0 atom stereocenters. The molecule has 1 aromatic heterocycles. The highest BCUT2D eigenvalue weighted by molar-refractivity contribution is 7.21. The van der Waals surface area contributed by atoms with E-state index in [4.69, 9.17) is 18.9 Å². The van der Waals surface area contributed by atoms with Crippen LogP contribution >= 0.6 is 11.3 Å². The van der Waals surface area contributed by atoms with Gasteiger partial charge in [0.2, 0.25) is 0 Å². The topological polar surface area (TPSA) is 69.3 Å². The molecule has 0 bridgehead atoms. The molecule has 9 heteroatoms. The molecule has 0 saturated carbocycles. The van der Waals surface area contributed by atoms with Crippen LogP contribution in [0.3, 0.4) is 0 Å². The molecule has 34 heavy (non-hydrogen) atoms. The molecule has 3 aromatic rings. The average molecular weight is 489 g/mol. The number of ether oxygens (including phenoxy) is 4. The van der Waals surface area contributed by atoms with Crippen molar-refractivity contribution in [3.8, 4) is 11.5 Å². The lowest BCUT2D eigenvalue weighted by Gasteiger charge is -2.31. The van der Waals surface area contributed by atoms with Crippen LogP contribution in [0.4, 0.5) is 15.8 Å². The third-order valence-electron chi connectivity index (χ3n) is 5.52. The smallest absolute Gasteiger partial charge is 0.266 e. The van der Waals surface area contributed by atoms with Gasteiger partial charge in [0.1, 0.15) is 17.3 Å². The number of thiophene rings is 1. The van der Waals surface area contributed by atoms with Crippen LogP contribution in [0.25, 0.3) is 10.1 Å². The first kappa shape index (κ1) is 24.3. The van der Waals surface area contributed by atoms with Crippen molar-refractivity contribution in [2.45, 2.75) is 20.5 Å². The molecule has 2 heterocycles. The lowest BCUT2D eigenvalue weighted by Crippen LogP contribution is -2.36. The zero-order valence-electron chi connectivity index (χ0n) is 19.6. The van der Waals surface area contributed by atoms with Crippen LogP contribution in [0, 0.1) is 5.82 Å². The van der Waals surface area contributed by atoms with Gasteiger partial charge in [0, 0.05) is 48.0 Å². The summed E-state index contributed by atoms with van der Waals surface area (Å²) in [5.74, 6) is 0.475. The minimum absolute atomic E-state index is 0.127. The lowest BCUT2D eigenvalue weighted by molar-refractivity contribution is 0.102. The number of morpholine rings is 1. The van der Waals surface area contributed by atoms with Crippen LogP contribution in [0.1, 0.15) is 29.1 Å². The molecule has 182 valence electrons. The molecule has 1 saturated heterocycles. The molecule has 7 nitrogen and oxygen atoms in total. The van der Waals surface area contributed by atoms with Gasteiger partial charge >= 0.3 is 0 Å². The molecule has 1 N–H and O–H groups in total. The normalized spacial score (nSPS) is 13.8. The van der Waals surface area contributed by atoms with E-state index in [9.17, 15) is 9.18 Å². The fourth-order valence-electron chi connectivity index (χ4n) is 4.06. The molecule has 1 amide bonds. The first-order chi connectivity index (χ1) is 16.6. The molecule has 1 aliphatic heterocycles. The first-order valence-electron chi connectivity index (χ1n) is 11.3. The summed E-state index contributed by atoms with van der Waals surface area (Å²) in [6.07, 6.45) is 0. The Balaban J connectivity index is 1.73. The van der Waals surface area contributed by atoms with Crippen molar-refractivity contribution in [1.29, 1.82) is 0 Å². The molecule has 0 spiro atoms. The van der Waals surface area contributed by atoms with Crippen molar-refractivity contribution < 1.29 is 28.1 Å². The highest BCUT2D eigenvalue weighted by atomic mass is 32.1. The van der Waals surface area contributed by atoms with Crippen molar-refractivity contribution in [1.82, 2.24) is 0 Å². The summed E-state index contributed by atoms with van der Waals surface area (Å²) in [6.45, 7) is 7.60. The van der Waals surface area contributed by atoms with E-state index in [1.807, 2.05) is 19.9 Å². The number of fused-ring (bicyclic) bond motifs is 1. The van der Waals surface area contributed by atoms with Gasteiger partial charge in [-0.3, -0.25) is 4.79 Å². The van der Waals surface area contributed by atoms with Crippen LogP contribution in [-0.4, -0.2) is 52.5 Å². The zero-order valence-corrected chi connectivity index (χ0v) is 20.4. The standard InChI is InChI=1S/C25H29FN2O5S/c1-4-32-20-14-19(28-9-11-31-12-10-28)21(33-5-2)13-18(20)27-25(29)24-16(15-30-3)23-17(26)7-6-8-22(23)34-24/h6-8,13-14H,4-5,9-12,15H2,1-3H3,(H,27,29). The second-order valence-corrected chi connectivity index (χ2v) is 8.74. The van der Waals surface area contributed by atoms with Crippen LogP contribution in [-0.2, 0) is 16.1 Å². The third kappa shape index (κ3) is 4.96. The van der Waals surface area contributed by atoms with Gasteiger partial charge in [0.15, 0.2) is 0 Å². The molecule has 1 fully saturated rings. The van der Waals surface area contributed by atoms with Crippen molar-refractivity contribution in [3.63, 3.8) is 0 Å². The van der Waals surface area contributed by atoms with Crippen molar-refractivity contribution in [2.75, 3.05) is 56.8 Å². The van der Waals surface area contributed by atoms with Crippen molar-refractivity contribution in [3.05, 3.63) is 46.6 Å². The quantitative estimate of drug-likeness (QED) is 0.453. The Morgan fingerprint density at radius 2 is 1.88 bits per heavy atom. The molecule has 0 unspecified atom stereocenters. The van der Waals surface area contributed by atoms with Crippen LogP contribution in [0.15, 0.2) is 30.3 Å². The summed E-state index contributed by atoms with van der Waals surface area (Å²) in [5.41, 5.74) is 1.93. The van der Waals surface area contributed by atoms with E-state index in [2.05, 4.69) is 10.2 Å². The van der Waals surface area contributed by atoms with Gasteiger partial charge in [0.25, 0.3) is 5.91 Å². The summed E-state index contributed by atoms with van der Waals surface area (Å²) in [6, 6.07) is 8.52. The second-order valence-electron chi connectivity index (χ2n) is 7.69. The molecular formula is C25H29FN2O5S. The van der Waals surface area contributed by atoms with E-state index in [1.165, 1.54) is 24.5 Å². The number of amides is 1. The number of hydrogen-bond donors (Lipinski definition) is 1. The van der Waals surface area contributed by atoms with E-state index < -0.39 is 0 Å². The number of benzene rings is 2. The van der Waals surface area contributed by atoms with Crippen LogP contribution < -0.4 is 19.7 Å². The SMILES string of the molecule is CCOc1cc(N2CCOCC2)c(OCC)cc1NC(=O)c1sc2cccc(F)c2c1COC. The monoisotopic (exact) mass is 488 g/mol. The Morgan fingerprint density at radius 3 is 2.59 bits per heavy atom. The van der Waals surface area contributed by atoms with Gasteiger partial charge in [-0.1, -0.05) is 6.07 Å². The molecule has 0 radical (unpaired) electrons. The van der Waals surface area contributed by atoms with Gasteiger partial charge in [-0.05, 0) is 26.0 Å². The van der Waals surface area contributed by atoms with Gasteiger partial charge < -0.3 is 29.2 Å². The molecule has 0 aliphatic carbocycles. The maximum Gasteiger partial charge on any atom is 0.266 e. The fraction of sp³-hybridized carbons (Fsp3) is 0.400.